The minimum atomic E-state index is -1.16. The van der Waals surface area contributed by atoms with Crippen LogP contribution in [0.15, 0.2) is 48.5 Å². The maximum atomic E-state index is 12.6. The summed E-state index contributed by atoms with van der Waals surface area (Å²) in [6.07, 6.45) is 0.923. The van der Waals surface area contributed by atoms with Crippen LogP contribution in [-0.4, -0.2) is 37.3 Å². The maximum absolute atomic E-state index is 12.6. The highest BCUT2D eigenvalue weighted by atomic mass is 16.5. The van der Waals surface area contributed by atoms with Gasteiger partial charge in [-0.1, -0.05) is 24.3 Å². The van der Waals surface area contributed by atoms with Gasteiger partial charge in [-0.3, -0.25) is 4.79 Å². The Balaban J connectivity index is 1.80. The zero-order chi connectivity index (χ0) is 18.5. The van der Waals surface area contributed by atoms with Crippen LogP contribution in [0.1, 0.15) is 39.9 Å². The molecule has 1 unspecified atom stereocenters. The first-order valence-corrected chi connectivity index (χ1v) is 8.44. The Morgan fingerprint density at radius 3 is 2.73 bits per heavy atom. The number of carbonyl (C=O) groups excluding carboxylic acids is 1. The lowest BCUT2D eigenvalue weighted by molar-refractivity contribution is -0.139. The van der Waals surface area contributed by atoms with Gasteiger partial charge in [0.15, 0.2) is 6.04 Å². The van der Waals surface area contributed by atoms with E-state index in [0.717, 1.165) is 18.6 Å². The number of carbonyl (C=O) groups is 2. The number of ether oxygens (including phenoxy) is 2. The molecule has 6 nitrogen and oxygen atoms in total. The molecule has 2 aromatic rings. The summed E-state index contributed by atoms with van der Waals surface area (Å²) in [7, 11) is 1.51. The molecule has 0 saturated carbocycles. The lowest BCUT2D eigenvalue weighted by Crippen LogP contribution is -2.33. The van der Waals surface area contributed by atoms with E-state index in [4.69, 9.17) is 9.47 Å². The average Bonchev–Trinajstić information content (AvgIpc) is 3.20. The summed E-state index contributed by atoms with van der Waals surface area (Å²) in [5.41, 5.74) is 1.91. The lowest BCUT2D eigenvalue weighted by Gasteiger charge is -2.16. The van der Waals surface area contributed by atoms with Crippen LogP contribution in [0.2, 0.25) is 0 Å². The topological polar surface area (TPSA) is 84.9 Å². The van der Waals surface area contributed by atoms with Gasteiger partial charge in [-0.15, -0.1) is 0 Å². The largest absolute Gasteiger partial charge is 0.497 e. The number of carboxylic acid groups (broad SMARTS) is 1. The molecule has 0 radical (unpaired) electrons. The summed E-state index contributed by atoms with van der Waals surface area (Å²) in [4.78, 5) is 24.3. The van der Waals surface area contributed by atoms with E-state index in [1.807, 2.05) is 12.1 Å². The van der Waals surface area contributed by atoms with E-state index >= 15 is 0 Å². The maximum Gasteiger partial charge on any atom is 0.330 e. The van der Waals surface area contributed by atoms with Crippen LogP contribution < -0.4 is 10.1 Å². The highest BCUT2D eigenvalue weighted by Gasteiger charge is 2.24. The fourth-order valence-corrected chi connectivity index (χ4v) is 3.05. The Labute approximate surface area is 151 Å². The van der Waals surface area contributed by atoms with Gasteiger partial charge < -0.3 is 19.9 Å². The molecule has 2 aromatic carbocycles. The number of rotatable bonds is 6. The van der Waals surface area contributed by atoms with Crippen molar-refractivity contribution < 1.29 is 24.2 Å². The van der Waals surface area contributed by atoms with E-state index in [9.17, 15) is 14.7 Å². The third-order valence-corrected chi connectivity index (χ3v) is 4.50. The molecule has 6 heteroatoms. The van der Waals surface area contributed by atoms with Gasteiger partial charge in [0.25, 0.3) is 5.91 Å². The van der Waals surface area contributed by atoms with Crippen molar-refractivity contribution in [2.45, 2.75) is 18.4 Å². The molecule has 1 fully saturated rings. The Bertz CT molecular complexity index is 798. The summed E-state index contributed by atoms with van der Waals surface area (Å²) in [6.45, 7) is 1.37. The number of aliphatic carboxylic acids is 1. The minimum Gasteiger partial charge on any atom is -0.497 e. The third-order valence-electron chi connectivity index (χ3n) is 4.50. The number of methoxy groups -OCH3 is 1. The van der Waals surface area contributed by atoms with Gasteiger partial charge in [0, 0.05) is 18.1 Å². The minimum absolute atomic E-state index is 0.274. The first-order valence-electron chi connectivity index (χ1n) is 8.44. The van der Waals surface area contributed by atoms with Crippen LogP contribution in [0.4, 0.5) is 0 Å². The van der Waals surface area contributed by atoms with E-state index in [2.05, 4.69) is 5.32 Å². The van der Waals surface area contributed by atoms with E-state index in [1.54, 1.807) is 36.4 Å². The van der Waals surface area contributed by atoms with Crippen molar-refractivity contribution in [1.29, 1.82) is 0 Å². The Kier molecular flexibility index (Phi) is 5.53. The Morgan fingerprint density at radius 1 is 1.23 bits per heavy atom. The van der Waals surface area contributed by atoms with Crippen molar-refractivity contribution >= 4 is 11.9 Å². The van der Waals surface area contributed by atoms with Crippen LogP contribution in [0.3, 0.4) is 0 Å². The predicted molar refractivity (Wildman–Crippen MR) is 95.5 cm³/mol. The van der Waals surface area contributed by atoms with E-state index in [0.29, 0.717) is 23.5 Å². The summed E-state index contributed by atoms with van der Waals surface area (Å²) < 4.78 is 10.5. The Morgan fingerprint density at radius 2 is 2.04 bits per heavy atom. The quantitative estimate of drug-likeness (QED) is 0.832. The molecule has 2 N–H and O–H groups in total. The number of benzene rings is 2. The number of nitrogens with one attached hydrogen (secondary N) is 1. The summed E-state index contributed by atoms with van der Waals surface area (Å²) in [5.74, 6) is -0.754. The molecule has 1 amide bonds. The van der Waals surface area contributed by atoms with Crippen molar-refractivity contribution in [1.82, 2.24) is 5.32 Å². The molecule has 1 aliphatic rings. The molecule has 1 aliphatic heterocycles. The van der Waals surface area contributed by atoms with Crippen molar-refractivity contribution in [2.24, 2.45) is 0 Å². The monoisotopic (exact) mass is 355 g/mol. The number of hydrogen-bond acceptors (Lipinski definition) is 4. The third kappa shape index (κ3) is 4.03. The second-order valence-electron chi connectivity index (χ2n) is 6.21. The van der Waals surface area contributed by atoms with Gasteiger partial charge >= 0.3 is 5.97 Å². The van der Waals surface area contributed by atoms with Crippen molar-refractivity contribution in [3.63, 3.8) is 0 Å². The van der Waals surface area contributed by atoms with Gasteiger partial charge in [0.2, 0.25) is 0 Å². The van der Waals surface area contributed by atoms with Crippen LogP contribution in [0, 0.1) is 0 Å². The second-order valence-corrected chi connectivity index (χ2v) is 6.21. The molecule has 0 aromatic heterocycles. The SMILES string of the molecule is COc1cccc([C@H](NC(=O)c2cccc(C3CCOC3)c2)C(=O)O)c1. The van der Waals surface area contributed by atoms with Gasteiger partial charge in [-0.05, 0) is 41.8 Å². The lowest BCUT2D eigenvalue weighted by atomic mass is 9.96. The fraction of sp³-hybridized carbons (Fsp3) is 0.300. The van der Waals surface area contributed by atoms with Gasteiger partial charge in [-0.2, -0.15) is 0 Å². The van der Waals surface area contributed by atoms with Gasteiger partial charge in [-0.25, -0.2) is 4.79 Å². The molecular formula is C20H21NO5. The second kappa shape index (κ2) is 8.01. The molecule has 3 rings (SSSR count). The first kappa shape index (κ1) is 17.9. The van der Waals surface area contributed by atoms with Crippen molar-refractivity contribution in [3.8, 4) is 5.75 Å². The molecule has 1 saturated heterocycles. The summed E-state index contributed by atoms with van der Waals surface area (Å²) >= 11 is 0. The van der Waals surface area contributed by atoms with E-state index in [1.165, 1.54) is 7.11 Å². The molecule has 1 heterocycles. The smallest absolute Gasteiger partial charge is 0.330 e. The normalized spacial score (nSPS) is 17.5. The Hall–Kier alpha value is -2.86. The van der Waals surface area contributed by atoms with E-state index in [-0.39, 0.29) is 5.92 Å². The molecule has 2 atom stereocenters. The van der Waals surface area contributed by atoms with Crippen LogP contribution in [0.25, 0.3) is 0 Å². The molecule has 26 heavy (non-hydrogen) atoms. The average molecular weight is 355 g/mol. The number of hydrogen-bond donors (Lipinski definition) is 2. The van der Waals surface area contributed by atoms with E-state index < -0.39 is 17.9 Å². The molecule has 0 spiro atoms. The zero-order valence-corrected chi connectivity index (χ0v) is 14.5. The van der Waals surface area contributed by atoms with Gasteiger partial charge in [0.05, 0.1) is 13.7 Å². The number of amides is 1. The molecule has 0 aliphatic carbocycles. The van der Waals surface area contributed by atoms with Gasteiger partial charge in [0.1, 0.15) is 5.75 Å². The predicted octanol–water partition coefficient (Wildman–Crippen LogP) is 2.75. The zero-order valence-electron chi connectivity index (χ0n) is 14.5. The highest BCUT2D eigenvalue weighted by molar-refractivity contribution is 5.97. The summed E-state index contributed by atoms with van der Waals surface area (Å²) in [5, 5.41) is 12.1. The highest BCUT2D eigenvalue weighted by Crippen LogP contribution is 2.26. The first-order chi connectivity index (χ1) is 12.6. The number of carboxylic acids is 1. The van der Waals surface area contributed by atoms with Crippen LogP contribution >= 0.6 is 0 Å². The fourth-order valence-electron chi connectivity index (χ4n) is 3.05. The van der Waals surface area contributed by atoms with Crippen LogP contribution in [0.5, 0.6) is 5.75 Å². The molecule has 136 valence electrons. The molecular weight excluding hydrogens is 334 g/mol. The molecule has 0 bridgehead atoms. The van der Waals surface area contributed by atoms with Crippen molar-refractivity contribution in [2.75, 3.05) is 20.3 Å². The van der Waals surface area contributed by atoms with Crippen molar-refractivity contribution in [3.05, 3.63) is 65.2 Å². The summed E-state index contributed by atoms with van der Waals surface area (Å²) in [6, 6.07) is 12.8. The van der Waals surface area contributed by atoms with Crippen LogP contribution in [-0.2, 0) is 9.53 Å². The standard InChI is InChI=1S/C20H21NO5/c1-25-17-7-3-5-14(11-17)18(20(23)24)21-19(22)15-6-2-4-13(10-15)16-8-9-26-12-16/h2-7,10-11,16,18H,8-9,12H2,1H3,(H,21,22)(H,23,24)/t16?,18-/m0/s1.